The Morgan fingerprint density at radius 3 is 2.72 bits per heavy atom. The molecule has 1 aromatic rings. The Hall–Kier alpha value is -1.42. The SMILES string of the molecule is C[C@]12CC[C@H](O)CC1=CCC1C2CC[C@]2(C)C(n3ccnn3)=CCC12. The lowest BCUT2D eigenvalue weighted by Crippen LogP contribution is -2.50. The topological polar surface area (TPSA) is 50.9 Å². The molecule has 6 atom stereocenters. The summed E-state index contributed by atoms with van der Waals surface area (Å²) in [6.07, 6.45) is 16.5. The zero-order valence-corrected chi connectivity index (χ0v) is 15.4. The number of allylic oxidation sites excluding steroid dienone is 3. The van der Waals surface area contributed by atoms with Gasteiger partial charge in [-0.15, -0.1) is 5.10 Å². The summed E-state index contributed by atoms with van der Waals surface area (Å²) in [5.41, 5.74) is 3.47. The summed E-state index contributed by atoms with van der Waals surface area (Å²) >= 11 is 0. The van der Waals surface area contributed by atoms with Gasteiger partial charge in [0.2, 0.25) is 0 Å². The molecule has 0 aliphatic heterocycles. The molecule has 0 aromatic carbocycles. The van der Waals surface area contributed by atoms with Crippen LogP contribution in [0.2, 0.25) is 0 Å². The van der Waals surface area contributed by atoms with Gasteiger partial charge >= 0.3 is 0 Å². The molecule has 1 heterocycles. The fourth-order valence-electron chi connectivity index (χ4n) is 6.88. The Kier molecular flexibility index (Phi) is 3.35. The molecule has 1 aromatic heterocycles. The molecule has 0 saturated heterocycles. The number of rotatable bonds is 1. The van der Waals surface area contributed by atoms with E-state index >= 15 is 0 Å². The molecule has 0 bridgehead atoms. The number of hydrogen-bond donors (Lipinski definition) is 1. The summed E-state index contributed by atoms with van der Waals surface area (Å²) in [4.78, 5) is 0. The number of fused-ring (bicyclic) bond motifs is 5. The number of hydrogen-bond acceptors (Lipinski definition) is 3. The third-order valence-corrected chi connectivity index (χ3v) is 8.29. The van der Waals surface area contributed by atoms with E-state index < -0.39 is 0 Å². The maximum absolute atomic E-state index is 10.1. The van der Waals surface area contributed by atoms with Crippen LogP contribution in [0, 0.1) is 28.6 Å². The first-order valence-corrected chi connectivity index (χ1v) is 9.97. The summed E-state index contributed by atoms with van der Waals surface area (Å²) in [6.45, 7) is 4.95. The summed E-state index contributed by atoms with van der Waals surface area (Å²) in [5.74, 6) is 2.26. The van der Waals surface area contributed by atoms with Crippen LogP contribution in [-0.2, 0) is 0 Å². The molecule has 0 radical (unpaired) electrons. The lowest BCUT2D eigenvalue weighted by molar-refractivity contribution is -0.0251. The molecule has 4 aliphatic carbocycles. The van der Waals surface area contributed by atoms with E-state index in [1.165, 1.54) is 31.4 Å². The second-order valence-corrected chi connectivity index (χ2v) is 9.28. The first kappa shape index (κ1) is 15.8. The highest BCUT2D eigenvalue weighted by atomic mass is 16.3. The van der Waals surface area contributed by atoms with Gasteiger partial charge in [0.05, 0.1) is 18.5 Å². The van der Waals surface area contributed by atoms with Crippen LogP contribution in [0.5, 0.6) is 0 Å². The van der Waals surface area contributed by atoms with E-state index in [0.717, 1.165) is 31.1 Å². The van der Waals surface area contributed by atoms with Crippen molar-refractivity contribution in [2.45, 2.75) is 64.9 Å². The highest BCUT2D eigenvalue weighted by Gasteiger charge is 2.57. The third-order valence-electron chi connectivity index (χ3n) is 8.29. The Morgan fingerprint density at radius 2 is 1.92 bits per heavy atom. The second kappa shape index (κ2) is 5.29. The van der Waals surface area contributed by atoms with Gasteiger partial charge < -0.3 is 5.11 Å². The average molecular weight is 339 g/mol. The lowest BCUT2D eigenvalue weighted by atomic mass is 9.48. The minimum atomic E-state index is -0.114. The van der Waals surface area contributed by atoms with E-state index in [2.05, 4.69) is 36.3 Å². The molecule has 2 saturated carbocycles. The first-order chi connectivity index (χ1) is 12.0. The molecular formula is C21H29N3O. The van der Waals surface area contributed by atoms with Gasteiger partial charge in [0, 0.05) is 11.1 Å². The quantitative estimate of drug-likeness (QED) is 0.785. The molecule has 4 heteroatoms. The summed E-state index contributed by atoms with van der Waals surface area (Å²) in [7, 11) is 0. The van der Waals surface area contributed by atoms with Gasteiger partial charge in [-0.25, -0.2) is 4.68 Å². The molecule has 3 unspecified atom stereocenters. The zero-order valence-electron chi connectivity index (χ0n) is 15.4. The van der Waals surface area contributed by atoms with E-state index in [9.17, 15) is 5.11 Å². The van der Waals surface area contributed by atoms with Crippen molar-refractivity contribution in [3.8, 4) is 0 Å². The van der Waals surface area contributed by atoms with E-state index in [0.29, 0.717) is 11.3 Å². The van der Waals surface area contributed by atoms with E-state index in [1.807, 2.05) is 10.9 Å². The summed E-state index contributed by atoms with van der Waals surface area (Å²) in [5, 5.41) is 18.4. The molecule has 4 nitrogen and oxygen atoms in total. The molecular weight excluding hydrogens is 310 g/mol. The van der Waals surface area contributed by atoms with Crippen LogP contribution >= 0.6 is 0 Å². The van der Waals surface area contributed by atoms with Crippen LogP contribution in [0.3, 0.4) is 0 Å². The van der Waals surface area contributed by atoms with Gasteiger partial charge in [-0.2, -0.15) is 0 Å². The maximum atomic E-state index is 10.1. The van der Waals surface area contributed by atoms with Gasteiger partial charge in [0.25, 0.3) is 0 Å². The van der Waals surface area contributed by atoms with Crippen molar-refractivity contribution in [1.29, 1.82) is 0 Å². The minimum absolute atomic E-state index is 0.114. The van der Waals surface area contributed by atoms with Gasteiger partial charge in [0.1, 0.15) is 0 Å². The molecule has 0 amide bonds. The highest BCUT2D eigenvalue weighted by molar-refractivity contribution is 5.56. The molecule has 4 aliphatic rings. The Morgan fingerprint density at radius 1 is 1.08 bits per heavy atom. The van der Waals surface area contributed by atoms with Crippen LogP contribution in [0.1, 0.15) is 58.8 Å². The normalized spacial score (nSPS) is 45.9. The minimum Gasteiger partial charge on any atom is -0.393 e. The molecule has 134 valence electrons. The van der Waals surface area contributed by atoms with Crippen molar-refractivity contribution < 1.29 is 5.11 Å². The maximum Gasteiger partial charge on any atom is 0.0697 e. The Balaban J connectivity index is 1.48. The highest BCUT2D eigenvalue weighted by Crippen LogP contribution is 2.65. The smallest absolute Gasteiger partial charge is 0.0697 e. The number of nitrogens with zero attached hydrogens (tertiary/aromatic N) is 3. The van der Waals surface area contributed by atoms with Crippen molar-refractivity contribution in [2.24, 2.45) is 28.6 Å². The van der Waals surface area contributed by atoms with E-state index in [4.69, 9.17) is 0 Å². The lowest BCUT2D eigenvalue weighted by Gasteiger charge is -2.57. The predicted molar refractivity (Wildman–Crippen MR) is 97.4 cm³/mol. The number of aliphatic hydroxyl groups excluding tert-OH is 1. The van der Waals surface area contributed by atoms with Crippen molar-refractivity contribution in [3.05, 3.63) is 30.1 Å². The van der Waals surface area contributed by atoms with Crippen molar-refractivity contribution in [3.63, 3.8) is 0 Å². The van der Waals surface area contributed by atoms with Gasteiger partial charge in [-0.05, 0) is 68.1 Å². The van der Waals surface area contributed by atoms with Crippen LogP contribution in [0.25, 0.3) is 5.70 Å². The van der Waals surface area contributed by atoms with Crippen LogP contribution < -0.4 is 0 Å². The first-order valence-electron chi connectivity index (χ1n) is 9.97. The van der Waals surface area contributed by atoms with Gasteiger partial charge in [-0.1, -0.05) is 36.8 Å². The molecule has 25 heavy (non-hydrogen) atoms. The van der Waals surface area contributed by atoms with Crippen molar-refractivity contribution in [2.75, 3.05) is 0 Å². The Bertz CT molecular complexity index is 736. The van der Waals surface area contributed by atoms with Crippen LogP contribution in [-0.4, -0.2) is 26.2 Å². The Labute approximate surface area is 150 Å². The van der Waals surface area contributed by atoms with Crippen molar-refractivity contribution >= 4 is 5.70 Å². The summed E-state index contributed by atoms with van der Waals surface area (Å²) < 4.78 is 2.00. The van der Waals surface area contributed by atoms with E-state index in [1.54, 1.807) is 11.8 Å². The monoisotopic (exact) mass is 339 g/mol. The largest absolute Gasteiger partial charge is 0.393 e. The molecule has 5 rings (SSSR count). The average Bonchev–Trinajstić information content (AvgIpc) is 3.22. The summed E-state index contributed by atoms with van der Waals surface area (Å²) in [6, 6.07) is 0. The number of aromatic nitrogens is 3. The molecule has 2 fully saturated rings. The van der Waals surface area contributed by atoms with Crippen LogP contribution in [0.15, 0.2) is 30.1 Å². The predicted octanol–water partition coefficient (Wildman–Crippen LogP) is 4.05. The van der Waals surface area contributed by atoms with Gasteiger partial charge in [-0.3, -0.25) is 0 Å². The fourth-order valence-corrected chi connectivity index (χ4v) is 6.88. The zero-order chi connectivity index (χ0) is 17.2. The van der Waals surface area contributed by atoms with Crippen molar-refractivity contribution in [1.82, 2.24) is 15.0 Å². The number of aliphatic hydroxyl groups is 1. The molecule has 1 N–H and O–H groups in total. The second-order valence-electron chi connectivity index (χ2n) is 9.28. The van der Waals surface area contributed by atoms with Gasteiger partial charge in [0.15, 0.2) is 0 Å². The third kappa shape index (κ3) is 2.09. The standard InChI is InChI=1S/C21H29N3O/c1-20-9-7-15(25)13-14(20)3-4-16-17-5-6-19(24-12-11-22-23-24)21(17,2)10-8-18(16)20/h3,6,11-12,15-18,25H,4-5,7-10,13H2,1-2H3/t15-,16?,17?,18?,20-,21-/m0/s1. The molecule has 0 spiro atoms. The fraction of sp³-hybridized carbons (Fsp3) is 0.714. The van der Waals surface area contributed by atoms with Crippen LogP contribution in [0.4, 0.5) is 0 Å². The van der Waals surface area contributed by atoms with E-state index in [-0.39, 0.29) is 11.5 Å².